The number of rotatable bonds is 6. The minimum absolute atomic E-state index is 0.0150. The first-order chi connectivity index (χ1) is 13.9. The summed E-state index contributed by atoms with van der Waals surface area (Å²) in [6.45, 7) is 5.20. The van der Waals surface area contributed by atoms with Crippen LogP contribution in [0.4, 0.5) is 9.18 Å². The first-order valence-electron chi connectivity index (χ1n) is 9.62. The minimum Gasteiger partial charge on any atom is -0.465 e. The van der Waals surface area contributed by atoms with Crippen LogP contribution >= 0.6 is 0 Å². The van der Waals surface area contributed by atoms with Crippen LogP contribution in [0.15, 0.2) is 42.5 Å². The molecule has 1 saturated heterocycles. The number of nitriles is 1. The Kier molecular flexibility index (Phi) is 6.81. The molecule has 0 saturated carbocycles. The summed E-state index contributed by atoms with van der Waals surface area (Å²) in [6, 6.07) is 13.8. The Hall–Kier alpha value is -2.95. The van der Waals surface area contributed by atoms with Crippen molar-refractivity contribution in [1.29, 1.82) is 5.26 Å². The van der Waals surface area contributed by atoms with Crippen molar-refractivity contribution in [3.05, 3.63) is 59.4 Å². The second-order valence-electron chi connectivity index (χ2n) is 7.42. The van der Waals surface area contributed by atoms with Crippen LogP contribution in [0.3, 0.4) is 0 Å². The van der Waals surface area contributed by atoms with Gasteiger partial charge in [-0.15, -0.1) is 0 Å². The van der Waals surface area contributed by atoms with Crippen molar-refractivity contribution in [2.45, 2.75) is 19.0 Å². The fourth-order valence-corrected chi connectivity index (χ4v) is 3.46. The Morgan fingerprint density at radius 1 is 1.17 bits per heavy atom. The van der Waals surface area contributed by atoms with Gasteiger partial charge in [0, 0.05) is 39.1 Å². The van der Waals surface area contributed by atoms with Gasteiger partial charge in [0.05, 0.1) is 6.07 Å². The first-order valence-corrected chi connectivity index (χ1v) is 9.62. The van der Waals surface area contributed by atoms with E-state index in [2.05, 4.69) is 34.3 Å². The molecule has 2 N–H and O–H groups in total. The molecule has 1 heterocycles. The highest BCUT2D eigenvalue weighted by atomic mass is 19.1. The Morgan fingerprint density at radius 3 is 2.41 bits per heavy atom. The van der Waals surface area contributed by atoms with Gasteiger partial charge in [0.25, 0.3) is 0 Å². The Bertz CT molecular complexity index is 887. The van der Waals surface area contributed by atoms with Crippen LogP contribution in [0.25, 0.3) is 11.1 Å². The molecular formula is C22H25FN4O2. The predicted molar refractivity (Wildman–Crippen MR) is 109 cm³/mol. The summed E-state index contributed by atoms with van der Waals surface area (Å²) in [7, 11) is 2.14. The molecule has 1 aliphatic rings. The fourth-order valence-electron chi connectivity index (χ4n) is 3.46. The lowest BCUT2D eigenvalue weighted by Crippen LogP contribution is -2.43. The van der Waals surface area contributed by atoms with Gasteiger partial charge in [0.1, 0.15) is 11.9 Å². The zero-order valence-corrected chi connectivity index (χ0v) is 16.4. The molecular weight excluding hydrogens is 371 g/mol. The third kappa shape index (κ3) is 5.76. The molecule has 1 aliphatic heterocycles. The smallest absolute Gasteiger partial charge is 0.405 e. The molecule has 0 aliphatic carbocycles. The fraction of sp³-hybridized carbons (Fsp3) is 0.364. The average molecular weight is 396 g/mol. The van der Waals surface area contributed by atoms with Gasteiger partial charge in [-0.1, -0.05) is 36.4 Å². The summed E-state index contributed by atoms with van der Waals surface area (Å²) in [5.41, 5.74) is 3.20. The number of nitrogens with zero attached hydrogens (tertiary/aromatic N) is 3. The SMILES string of the molecule is CN1CCN(Cc2ccc(-c3ccc(C[C@@H](C#N)NC(=O)O)c(F)c3)cc2)CC1. The molecule has 3 rings (SSSR count). The summed E-state index contributed by atoms with van der Waals surface area (Å²) in [4.78, 5) is 15.4. The van der Waals surface area contributed by atoms with Gasteiger partial charge >= 0.3 is 6.09 Å². The molecule has 0 radical (unpaired) electrons. The number of hydrogen-bond acceptors (Lipinski definition) is 4. The lowest BCUT2D eigenvalue weighted by molar-refractivity contribution is 0.148. The Labute approximate surface area is 170 Å². The molecule has 29 heavy (non-hydrogen) atoms. The van der Waals surface area contributed by atoms with Gasteiger partial charge in [-0.2, -0.15) is 5.26 Å². The number of amides is 1. The predicted octanol–water partition coefficient (Wildman–Crippen LogP) is 2.94. The van der Waals surface area contributed by atoms with E-state index in [9.17, 15) is 9.18 Å². The summed E-state index contributed by atoms with van der Waals surface area (Å²) < 4.78 is 14.5. The van der Waals surface area contributed by atoms with Crippen LogP contribution < -0.4 is 5.32 Å². The van der Waals surface area contributed by atoms with Crippen LogP contribution in [0.2, 0.25) is 0 Å². The molecule has 0 bridgehead atoms. The molecule has 0 unspecified atom stereocenters. The van der Waals surface area contributed by atoms with E-state index in [1.165, 1.54) is 11.6 Å². The molecule has 0 aromatic heterocycles. The van der Waals surface area contributed by atoms with Crippen molar-refractivity contribution in [3.63, 3.8) is 0 Å². The van der Waals surface area contributed by atoms with Crippen molar-refractivity contribution < 1.29 is 14.3 Å². The highest BCUT2D eigenvalue weighted by Crippen LogP contribution is 2.23. The van der Waals surface area contributed by atoms with E-state index in [0.717, 1.165) is 43.9 Å². The van der Waals surface area contributed by atoms with Crippen molar-refractivity contribution in [3.8, 4) is 17.2 Å². The van der Waals surface area contributed by atoms with E-state index in [1.54, 1.807) is 12.1 Å². The first kappa shape index (κ1) is 20.8. The number of halogens is 1. The van der Waals surface area contributed by atoms with Crippen molar-refractivity contribution in [2.24, 2.45) is 0 Å². The van der Waals surface area contributed by atoms with Gasteiger partial charge < -0.3 is 15.3 Å². The van der Waals surface area contributed by atoms with E-state index in [-0.39, 0.29) is 6.42 Å². The zero-order valence-electron chi connectivity index (χ0n) is 16.4. The van der Waals surface area contributed by atoms with Crippen molar-refractivity contribution in [2.75, 3.05) is 33.2 Å². The topological polar surface area (TPSA) is 79.6 Å². The van der Waals surface area contributed by atoms with Gasteiger partial charge in [0.2, 0.25) is 0 Å². The van der Waals surface area contributed by atoms with Crippen LogP contribution in [-0.4, -0.2) is 60.3 Å². The van der Waals surface area contributed by atoms with E-state index >= 15 is 0 Å². The van der Waals surface area contributed by atoms with Crippen LogP contribution in [0.1, 0.15) is 11.1 Å². The lowest BCUT2D eigenvalue weighted by Gasteiger charge is -2.32. The number of carboxylic acid groups (broad SMARTS) is 1. The third-order valence-corrected chi connectivity index (χ3v) is 5.22. The van der Waals surface area contributed by atoms with E-state index < -0.39 is 18.0 Å². The van der Waals surface area contributed by atoms with Gasteiger partial charge in [0.15, 0.2) is 0 Å². The number of carbonyl (C=O) groups is 1. The lowest BCUT2D eigenvalue weighted by atomic mass is 9.99. The quantitative estimate of drug-likeness (QED) is 0.785. The molecule has 0 spiro atoms. The maximum atomic E-state index is 14.5. The average Bonchev–Trinajstić information content (AvgIpc) is 2.71. The Balaban J connectivity index is 1.65. The molecule has 1 fully saturated rings. The van der Waals surface area contributed by atoms with Gasteiger partial charge in [-0.05, 0) is 35.4 Å². The highest BCUT2D eigenvalue weighted by molar-refractivity contribution is 5.66. The second-order valence-corrected chi connectivity index (χ2v) is 7.42. The zero-order chi connectivity index (χ0) is 20.8. The van der Waals surface area contributed by atoms with Crippen LogP contribution in [0, 0.1) is 17.1 Å². The largest absolute Gasteiger partial charge is 0.465 e. The molecule has 2 aromatic rings. The summed E-state index contributed by atoms with van der Waals surface area (Å²) in [5.74, 6) is -0.448. The number of piperazine rings is 1. The second kappa shape index (κ2) is 9.50. The highest BCUT2D eigenvalue weighted by Gasteiger charge is 2.15. The summed E-state index contributed by atoms with van der Waals surface area (Å²) in [6.07, 6.45) is -1.32. The van der Waals surface area contributed by atoms with E-state index in [0.29, 0.717) is 5.56 Å². The van der Waals surface area contributed by atoms with Crippen LogP contribution in [0.5, 0.6) is 0 Å². The maximum absolute atomic E-state index is 14.5. The van der Waals surface area contributed by atoms with Crippen molar-refractivity contribution >= 4 is 6.09 Å². The van der Waals surface area contributed by atoms with Crippen LogP contribution in [-0.2, 0) is 13.0 Å². The number of nitrogens with one attached hydrogen (secondary N) is 1. The molecule has 2 aromatic carbocycles. The van der Waals surface area contributed by atoms with Gasteiger partial charge in [-0.25, -0.2) is 9.18 Å². The molecule has 7 heteroatoms. The van der Waals surface area contributed by atoms with E-state index in [1.807, 2.05) is 18.2 Å². The van der Waals surface area contributed by atoms with Gasteiger partial charge in [-0.3, -0.25) is 4.90 Å². The molecule has 1 atom stereocenters. The number of hydrogen-bond donors (Lipinski definition) is 2. The number of benzene rings is 2. The van der Waals surface area contributed by atoms with Crippen molar-refractivity contribution in [1.82, 2.24) is 15.1 Å². The maximum Gasteiger partial charge on any atom is 0.405 e. The molecule has 6 nitrogen and oxygen atoms in total. The minimum atomic E-state index is -1.30. The normalized spacial score (nSPS) is 16.2. The monoisotopic (exact) mass is 396 g/mol. The summed E-state index contributed by atoms with van der Waals surface area (Å²) >= 11 is 0. The number of likely N-dealkylation sites (N-methyl/N-ethyl adjacent to an activating group) is 1. The molecule has 1 amide bonds. The third-order valence-electron chi connectivity index (χ3n) is 5.22. The van der Waals surface area contributed by atoms with E-state index in [4.69, 9.17) is 10.4 Å². The standard InChI is InChI=1S/C22H25FN4O2/c1-26-8-10-27(11-9-26)15-16-2-4-17(5-3-16)18-6-7-19(21(23)13-18)12-20(14-24)25-22(28)29/h2-7,13,20,25H,8-12,15H2,1H3,(H,28,29)/t20-/m0/s1. The Morgan fingerprint density at radius 2 is 1.83 bits per heavy atom. The summed E-state index contributed by atoms with van der Waals surface area (Å²) in [5, 5.41) is 19.8. The molecule has 152 valence electrons.